The third-order valence-corrected chi connectivity index (χ3v) is 6.50. The Morgan fingerprint density at radius 3 is 2.37 bits per heavy atom. The number of aliphatic imine (C=N–C) groups is 1. The first-order valence-corrected chi connectivity index (χ1v) is 10.9. The fourth-order valence-corrected chi connectivity index (χ4v) is 4.52. The van der Waals surface area contributed by atoms with Gasteiger partial charge >= 0.3 is 6.18 Å². The molecule has 0 aliphatic carbocycles. The molecule has 0 saturated carbocycles. The maximum Gasteiger partial charge on any atom is 0.390 e. The van der Waals surface area contributed by atoms with Gasteiger partial charge in [0.05, 0.1) is 17.9 Å². The predicted molar refractivity (Wildman–Crippen MR) is 122 cm³/mol. The lowest BCUT2D eigenvalue weighted by Gasteiger charge is -2.32. The van der Waals surface area contributed by atoms with E-state index in [1.165, 1.54) is 4.31 Å². The van der Waals surface area contributed by atoms with Crippen LogP contribution in [0.15, 0.2) is 34.2 Å². The minimum absolute atomic E-state index is 0. The Labute approximate surface area is 193 Å². The molecule has 2 rings (SSSR count). The maximum atomic E-state index is 13.1. The van der Waals surface area contributed by atoms with Crippen molar-refractivity contribution in [3.05, 3.63) is 29.8 Å². The van der Waals surface area contributed by atoms with Gasteiger partial charge in [0.2, 0.25) is 10.0 Å². The molecule has 1 fully saturated rings. The summed E-state index contributed by atoms with van der Waals surface area (Å²) in [6, 6.07) is 6.59. The van der Waals surface area contributed by atoms with Crippen LogP contribution >= 0.6 is 24.0 Å². The predicted octanol–water partition coefficient (Wildman–Crippen LogP) is 2.25. The largest absolute Gasteiger partial charge is 0.390 e. The molecule has 12 heteroatoms. The van der Waals surface area contributed by atoms with Crippen LogP contribution in [-0.4, -0.2) is 76.1 Å². The molecule has 0 amide bonds. The van der Waals surface area contributed by atoms with Gasteiger partial charge in [0.15, 0.2) is 5.96 Å². The molecular weight excluding hydrogens is 534 g/mol. The molecule has 0 spiro atoms. The minimum Gasteiger partial charge on any atom is -0.357 e. The molecule has 1 aliphatic heterocycles. The number of guanidine groups is 1. The van der Waals surface area contributed by atoms with Crippen LogP contribution in [0.2, 0.25) is 0 Å². The molecule has 1 heterocycles. The highest BCUT2D eigenvalue weighted by Crippen LogP contribution is 2.22. The summed E-state index contributed by atoms with van der Waals surface area (Å²) in [5.74, 6) is 0.212. The first-order valence-electron chi connectivity index (χ1n) is 9.49. The van der Waals surface area contributed by atoms with E-state index in [4.69, 9.17) is 0 Å². The van der Waals surface area contributed by atoms with Crippen LogP contribution in [0.1, 0.15) is 18.9 Å². The van der Waals surface area contributed by atoms with Gasteiger partial charge in [-0.25, -0.2) is 13.4 Å². The van der Waals surface area contributed by atoms with Gasteiger partial charge in [0.1, 0.15) is 0 Å². The number of sulfonamides is 1. The monoisotopic (exact) mass is 563 g/mol. The van der Waals surface area contributed by atoms with Crippen molar-refractivity contribution in [2.75, 3.05) is 46.3 Å². The Kier molecular flexibility index (Phi) is 10.8. The molecule has 1 aromatic rings. The van der Waals surface area contributed by atoms with Crippen LogP contribution in [0.4, 0.5) is 13.2 Å². The number of alkyl halides is 3. The fourth-order valence-electron chi connectivity index (χ4n) is 2.88. The fraction of sp³-hybridized carbons (Fsp3) is 0.611. The highest BCUT2D eigenvalue weighted by Gasteiger charge is 2.29. The van der Waals surface area contributed by atoms with Crippen molar-refractivity contribution in [1.29, 1.82) is 0 Å². The van der Waals surface area contributed by atoms with Crippen molar-refractivity contribution in [2.24, 2.45) is 4.99 Å². The first-order chi connectivity index (χ1) is 13.6. The highest BCUT2D eigenvalue weighted by atomic mass is 127. The summed E-state index contributed by atoms with van der Waals surface area (Å²) in [7, 11) is -1.72. The van der Waals surface area contributed by atoms with Crippen LogP contribution in [-0.2, 0) is 16.6 Å². The zero-order valence-corrected chi connectivity index (χ0v) is 20.2. The lowest BCUT2D eigenvalue weighted by Crippen LogP contribution is -2.47. The van der Waals surface area contributed by atoms with E-state index >= 15 is 0 Å². The Bertz CT molecular complexity index is 797. The van der Waals surface area contributed by atoms with Crippen molar-refractivity contribution in [3.8, 4) is 0 Å². The zero-order chi connectivity index (χ0) is 21.5. The molecule has 0 radical (unpaired) electrons. The Morgan fingerprint density at radius 1 is 1.13 bits per heavy atom. The van der Waals surface area contributed by atoms with Gasteiger partial charge < -0.3 is 15.5 Å². The van der Waals surface area contributed by atoms with Gasteiger partial charge in [-0.15, -0.1) is 24.0 Å². The maximum absolute atomic E-state index is 13.1. The van der Waals surface area contributed by atoms with E-state index in [0.717, 1.165) is 0 Å². The molecule has 0 unspecified atom stereocenters. The molecule has 1 aliphatic rings. The quantitative estimate of drug-likeness (QED) is 0.303. The smallest absolute Gasteiger partial charge is 0.357 e. The second-order valence-corrected chi connectivity index (χ2v) is 8.71. The van der Waals surface area contributed by atoms with E-state index in [0.29, 0.717) is 38.3 Å². The summed E-state index contributed by atoms with van der Waals surface area (Å²) in [5.41, 5.74) is 0.499. The van der Waals surface area contributed by atoms with Gasteiger partial charge in [-0.2, -0.15) is 17.5 Å². The van der Waals surface area contributed by atoms with Crippen molar-refractivity contribution >= 4 is 40.0 Å². The lowest BCUT2D eigenvalue weighted by atomic mass is 10.2. The lowest BCUT2D eigenvalue weighted by molar-refractivity contribution is -0.132. The summed E-state index contributed by atoms with van der Waals surface area (Å²) in [5, 5.41) is 5.50. The molecule has 7 nitrogen and oxygen atoms in total. The summed E-state index contributed by atoms with van der Waals surface area (Å²) in [4.78, 5) is 6.52. The zero-order valence-electron chi connectivity index (χ0n) is 17.1. The average molecular weight is 563 g/mol. The number of likely N-dealkylation sites (N-methyl/N-ethyl adjacent to an activating group) is 1. The summed E-state index contributed by atoms with van der Waals surface area (Å²) in [6.07, 6.45) is -5.24. The van der Waals surface area contributed by atoms with E-state index < -0.39 is 22.6 Å². The third kappa shape index (κ3) is 8.19. The standard InChI is InChI=1S/C18H28F3N5O2S.HI/c1-3-22-17(23-9-8-18(19,20)21)24-14-15-6-4-5-7-16(15)29(27,28)26-12-10-25(2)11-13-26;/h4-7H,3,8-14H2,1-2H3,(H2,22,23,24);1H. The van der Waals surface area contributed by atoms with Crippen LogP contribution in [0.25, 0.3) is 0 Å². The van der Waals surface area contributed by atoms with Crippen molar-refractivity contribution in [1.82, 2.24) is 19.8 Å². The van der Waals surface area contributed by atoms with Gasteiger partial charge in [-0.1, -0.05) is 18.2 Å². The van der Waals surface area contributed by atoms with Crippen molar-refractivity contribution in [2.45, 2.75) is 31.0 Å². The number of benzene rings is 1. The third-order valence-electron chi connectivity index (χ3n) is 4.51. The molecule has 1 aromatic carbocycles. The van der Waals surface area contributed by atoms with Crippen LogP contribution < -0.4 is 10.6 Å². The molecule has 1 saturated heterocycles. The number of nitrogens with zero attached hydrogens (tertiary/aromatic N) is 3. The molecule has 172 valence electrons. The Balaban J connectivity index is 0.00000450. The number of hydrogen-bond acceptors (Lipinski definition) is 4. The minimum atomic E-state index is -4.26. The first kappa shape index (κ1) is 26.9. The Morgan fingerprint density at radius 2 is 1.77 bits per heavy atom. The molecule has 2 N–H and O–H groups in total. The van der Waals surface area contributed by atoms with Gasteiger partial charge in [0.25, 0.3) is 0 Å². The summed E-state index contributed by atoms with van der Waals surface area (Å²) < 4.78 is 64.7. The van der Waals surface area contributed by atoms with Crippen LogP contribution in [0.3, 0.4) is 0 Å². The molecule has 0 atom stereocenters. The molecular formula is C18H29F3IN5O2S. The number of nitrogens with one attached hydrogen (secondary N) is 2. The van der Waals surface area contributed by atoms with Crippen molar-refractivity contribution < 1.29 is 21.6 Å². The number of hydrogen-bond donors (Lipinski definition) is 2. The van der Waals surface area contributed by atoms with E-state index in [1.807, 2.05) is 7.05 Å². The SMILES string of the molecule is CCNC(=NCc1ccccc1S(=O)(=O)N1CCN(C)CC1)NCCC(F)(F)F.I. The number of halogens is 4. The molecule has 30 heavy (non-hydrogen) atoms. The van der Waals surface area contributed by atoms with E-state index in [9.17, 15) is 21.6 Å². The number of piperazine rings is 1. The van der Waals surface area contributed by atoms with Gasteiger partial charge in [-0.05, 0) is 25.6 Å². The second kappa shape index (κ2) is 12.1. The Hall–Kier alpha value is -1.12. The van der Waals surface area contributed by atoms with E-state index in [-0.39, 0.29) is 47.9 Å². The summed E-state index contributed by atoms with van der Waals surface area (Å²) >= 11 is 0. The van der Waals surface area contributed by atoms with Crippen LogP contribution in [0.5, 0.6) is 0 Å². The van der Waals surface area contributed by atoms with E-state index in [1.54, 1.807) is 31.2 Å². The summed E-state index contributed by atoms with van der Waals surface area (Å²) in [6.45, 7) is 4.14. The average Bonchev–Trinajstić information content (AvgIpc) is 2.65. The second-order valence-electron chi connectivity index (χ2n) is 6.80. The van der Waals surface area contributed by atoms with Gasteiger partial charge in [0, 0.05) is 39.3 Å². The van der Waals surface area contributed by atoms with Crippen LogP contribution in [0, 0.1) is 0 Å². The normalized spacial score (nSPS) is 16.8. The van der Waals surface area contributed by atoms with E-state index in [2.05, 4.69) is 20.5 Å². The number of rotatable bonds is 7. The molecule has 0 bridgehead atoms. The highest BCUT2D eigenvalue weighted by molar-refractivity contribution is 14.0. The topological polar surface area (TPSA) is 77.0 Å². The van der Waals surface area contributed by atoms with Gasteiger partial charge in [-0.3, -0.25) is 0 Å². The molecule has 0 aromatic heterocycles. The van der Waals surface area contributed by atoms with Crippen molar-refractivity contribution in [3.63, 3.8) is 0 Å².